The summed E-state index contributed by atoms with van der Waals surface area (Å²) in [4.78, 5) is 36.7. The summed E-state index contributed by atoms with van der Waals surface area (Å²) >= 11 is 0. The van der Waals surface area contributed by atoms with Crippen LogP contribution in [0.1, 0.15) is 30.1 Å². The molecule has 1 saturated heterocycles. The summed E-state index contributed by atoms with van der Waals surface area (Å²) in [6, 6.07) is 8.44. The lowest BCUT2D eigenvalue weighted by molar-refractivity contribution is -0.135. The fraction of sp³-hybridized carbons (Fsp3) is 0.455. The van der Waals surface area contributed by atoms with E-state index in [1.165, 1.54) is 14.0 Å². The number of anilines is 4. The fourth-order valence-corrected chi connectivity index (χ4v) is 3.54. The Kier molecular flexibility index (Phi) is 6.31. The Morgan fingerprint density at radius 3 is 2.45 bits per heavy atom. The van der Waals surface area contributed by atoms with Gasteiger partial charge in [0.25, 0.3) is 0 Å². The van der Waals surface area contributed by atoms with Crippen LogP contribution in [0.3, 0.4) is 0 Å². The number of carbonyl (C=O) groups excluding carboxylic acids is 2. The molecule has 2 aliphatic rings. The van der Waals surface area contributed by atoms with Gasteiger partial charge < -0.3 is 25.2 Å². The number of benzene rings is 1. The molecule has 2 fully saturated rings. The second-order valence-corrected chi connectivity index (χ2v) is 7.90. The van der Waals surface area contributed by atoms with Gasteiger partial charge in [-0.3, -0.25) is 9.59 Å². The molecule has 0 bridgehead atoms. The number of rotatable bonds is 8. The van der Waals surface area contributed by atoms with E-state index >= 15 is 0 Å². The van der Waals surface area contributed by atoms with Crippen molar-refractivity contribution in [3.05, 3.63) is 36.0 Å². The minimum atomic E-state index is -0.0527. The number of aromatic nitrogens is 2. The van der Waals surface area contributed by atoms with Gasteiger partial charge in [0.1, 0.15) is 12.4 Å². The van der Waals surface area contributed by atoms with Crippen LogP contribution in [0.2, 0.25) is 0 Å². The van der Waals surface area contributed by atoms with Crippen molar-refractivity contribution >= 4 is 34.8 Å². The minimum absolute atomic E-state index is 0.0352. The number of hydrogen-bond donors (Lipinski definition) is 2. The third-order valence-electron chi connectivity index (χ3n) is 5.48. The number of nitrogens with zero attached hydrogens (tertiary/aromatic N) is 4. The van der Waals surface area contributed by atoms with Gasteiger partial charge in [-0.1, -0.05) is 0 Å². The van der Waals surface area contributed by atoms with Gasteiger partial charge in [0.05, 0.1) is 5.56 Å². The Bertz CT molecular complexity index is 937. The molecule has 164 valence electrons. The molecule has 1 aromatic heterocycles. The molecule has 31 heavy (non-hydrogen) atoms. The first-order valence-electron chi connectivity index (χ1n) is 10.6. The van der Waals surface area contributed by atoms with E-state index in [9.17, 15) is 9.59 Å². The van der Waals surface area contributed by atoms with Gasteiger partial charge in [0, 0.05) is 56.9 Å². The van der Waals surface area contributed by atoms with E-state index in [1.807, 2.05) is 29.2 Å². The Morgan fingerprint density at radius 1 is 1.13 bits per heavy atom. The maximum absolute atomic E-state index is 11.9. The molecule has 1 aliphatic heterocycles. The van der Waals surface area contributed by atoms with E-state index in [0.29, 0.717) is 36.5 Å². The average molecular weight is 425 g/mol. The summed E-state index contributed by atoms with van der Waals surface area (Å²) in [6.45, 7) is 4.61. The minimum Gasteiger partial charge on any atom is -0.375 e. The summed E-state index contributed by atoms with van der Waals surface area (Å²) in [6.07, 6.45) is 3.77. The topological polar surface area (TPSA) is 99.7 Å². The number of methoxy groups -OCH3 is 1. The lowest BCUT2D eigenvalue weighted by atomic mass is 10.2. The number of Topliss-reactive ketones (excluding diaryl/α,β-unsaturated/α-hetero) is 1. The molecular weight excluding hydrogens is 396 g/mol. The summed E-state index contributed by atoms with van der Waals surface area (Å²) < 4.78 is 4.94. The summed E-state index contributed by atoms with van der Waals surface area (Å²) in [5, 5.41) is 6.52. The molecule has 0 unspecified atom stereocenters. The summed E-state index contributed by atoms with van der Waals surface area (Å²) in [5.41, 5.74) is 2.48. The first-order valence-corrected chi connectivity index (χ1v) is 10.6. The Balaban J connectivity index is 1.38. The van der Waals surface area contributed by atoms with E-state index in [0.717, 1.165) is 37.3 Å². The zero-order chi connectivity index (χ0) is 21.8. The normalized spacial score (nSPS) is 16.2. The fourth-order valence-electron chi connectivity index (χ4n) is 3.54. The zero-order valence-corrected chi connectivity index (χ0v) is 17.9. The van der Waals surface area contributed by atoms with Gasteiger partial charge in [0.15, 0.2) is 5.78 Å². The summed E-state index contributed by atoms with van der Waals surface area (Å²) in [5.74, 6) is 1.02. The van der Waals surface area contributed by atoms with E-state index in [-0.39, 0.29) is 18.3 Å². The summed E-state index contributed by atoms with van der Waals surface area (Å²) in [7, 11) is 1.54. The van der Waals surface area contributed by atoms with E-state index in [4.69, 9.17) is 4.74 Å². The molecule has 2 heterocycles. The van der Waals surface area contributed by atoms with E-state index < -0.39 is 0 Å². The van der Waals surface area contributed by atoms with Crippen molar-refractivity contribution in [1.29, 1.82) is 0 Å². The first kappa shape index (κ1) is 21.0. The molecule has 9 nitrogen and oxygen atoms in total. The third kappa shape index (κ3) is 5.29. The van der Waals surface area contributed by atoms with Crippen molar-refractivity contribution in [3.63, 3.8) is 0 Å². The largest absolute Gasteiger partial charge is 0.375 e. The number of piperazine rings is 1. The quantitative estimate of drug-likeness (QED) is 0.623. The van der Waals surface area contributed by atoms with Crippen molar-refractivity contribution in [2.75, 3.05) is 55.4 Å². The number of amides is 1. The number of ketones is 1. The molecule has 4 rings (SSSR count). The second kappa shape index (κ2) is 9.30. The smallest absolute Gasteiger partial charge is 0.248 e. The van der Waals surface area contributed by atoms with Crippen LogP contribution in [0.25, 0.3) is 0 Å². The van der Waals surface area contributed by atoms with Crippen LogP contribution in [0.5, 0.6) is 0 Å². The van der Waals surface area contributed by atoms with Gasteiger partial charge in [-0.2, -0.15) is 4.98 Å². The monoisotopic (exact) mass is 424 g/mol. The molecule has 9 heteroatoms. The predicted molar refractivity (Wildman–Crippen MR) is 119 cm³/mol. The highest BCUT2D eigenvalue weighted by atomic mass is 16.5. The van der Waals surface area contributed by atoms with Gasteiger partial charge >= 0.3 is 0 Å². The highest BCUT2D eigenvalue weighted by Gasteiger charge is 2.24. The van der Waals surface area contributed by atoms with Gasteiger partial charge in [-0.05, 0) is 44.0 Å². The van der Waals surface area contributed by atoms with E-state index in [1.54, 1.807) is 6.20 Å². The average Bonchev–Trinajstić information content (AvgIpc) is 3.59. The van der Waals surface area contributed by atoms with Crippen LogP contribution in [-0.4, -0.2) is 72.5 Å². The molecule has 1 saturated carbocycles. The van der Waals surface area contributed by atoms with Crippen LogP contribution >= 0.6 is 0 Å². The van der Waals surface area contributed by atoms with Crippen LogP contribution < -0.4 is 15.5 Å². The standard InChI is InChI=1S/C22H28N6O3/c1-15(29)19-13-23-22(26-21(19)24-16-3-4-16)25-17-5-7-18(8-6-17)27-9-11-28(12-10-27)20(30)14-31-2/h5-8,13,16H,3-4,9-12,14H2,1-2H3,(H2,23,24,25,26). The van der Waals surface area contributed by atoms with Gasteiger partial charge in [0.2, 0.25) is 11.9 Å². The van der Waals surface area contributed by atoms with Crippen LogP contribution in [0.4, 0.5) is 23.1 Å². The molecule has 0 radical (unpaired) electrons. The maximum Gasteiger partial charge on any atom is 0.248 e. The van der Waals surface area contributed by atoms with E-state index in [2.05, 4.69) is 25.5 Å². The second-order valence-electron chi connectivity index (χ2n) is 7.90. The molecule has 1 aromatic carbocycles. The van der Waals surface area contributed by atoms with Crippen LogP contribution in [0, 0.1) is 0 Å². The van der Waals surface area contributed by atoms with Crippen molar-refractivity contribution in [1.82, 2.24) is 14.9 Å². The number of hydrogen-bond acceptors (Lipinski definition) is 8. The lowest BCUT2D eigenvalue weighted by Gasteiger charge is -2.36. The van der Waals surface area contributed by atoms with Crippen molar-refractivity contribution < 1.29 is 14.3 Å². The molecule has 2 N–H and O–H groups in total. The SMILES string of the molecule is COCC(=O)N1CCN(c2ccc(Nc3ncc(C(C)=O)c(NC4CC4)n3)cc2)CC1. The Labute approximate surface area is 181 Å². The first-order chi connectivity index (χ1) is 15.0. The van der Waals surface area contributed by atoms with Gasteiger partial charge in [-0.15, -0.1) is 0 Å². The van der Waals surface area contributed by atoms with Crippen molar-refractivity contribution in [2.45, 2.75) is 25.8 Å². The predicted octanol–water partition coefficient (Wildman–Crippen LogP) is 2.29. The highest BCUT2D eigenvalue weighted by molar-refractivity contribution is 5.98. The maximum atomic E-state index is 11.9. The molecule has 0 atom stereocenters. The number of ether oxygens (including phenoxy) is 1. The highest BCUT2D eigenvalue weighted by Crippen LogP contribution is 2.27. The van der Waals surface area contributed by atoms with Crippen LogP contribution in [0.15, 0.2) is 30.5 Å². The molecule has 1 amide bonds. The molecular formula is C22H28N6O3. The lowest BCUT2D eigenvalue weighted by Crippen LogP contribution is -2.49. The van der Waals surface area contributed by atoms with Crippen molar-refractivity contribution in [2.24, 2.45) is 0 Å². The molecule has 2 aromatic rings. The molecule has 0 spiro atoms. The Morgan fingerprint density at radius 2 is 1.84 bits per heavy atom. The number of nitrogens with one attached hydrogen (secondary N) is 2. The zero-order valence-electron chi connectivity index (χ0n) is 17.9. The molecule has 1 aliphatic carbocycles. The van der Waals surface area contributed by atoms with Crippen LogP contribution in [-0.2, 0) is 9.53 Å². The third-order valence-corrected chi connectivity index (χ3v) is 5.48. The van der Waals surface area contributed by atoms with Gasteiger partial charge in [-0.25, -0.2) is 4.98 Å². The Hall–Kier alpha value is -3.20. The number of carbonyl (C=O) groups is 2. The van der Waals surface area contributed by atoms with Crippen molar-refractivity contribution in [3.8, 4) is 0 Å².